The first-order valence-electron chi connectivity index (χ1n) is 12.7. The van der Waals surface area contributed by atoms with Gasteiger partial charge in [0.15, 0.2) is 0 Å². The van der Waals surface area contributed by atoms with Crippen molar-refractivity contribution in [2.45, 2.75) is 48.8 Å². The van der Waals surface area contributed by atoms with E-state index in [-0.39, 0.29) is 17.6 Å². The van der Waals surface area contributed by atoms with Crippen molar-refractivity contribution in [3.63, 3.8) is 0 Å². The third-order valence-corrected chi connectivity index (χ3v) is 8.30. The van der Waals surface area contributed by atoms with Crippen LogP contribution in [0.5, 0.6) is 11.5 Å². The summed E-state index contributed by atoms with van der Waals surface area (Å²) in [6, 6.07) is 25.2. The van der Waals surface area contributed by atoms with Gasteiger partial charge in [0.25, 0.3) is 0 Å². The van der Waals surface area contributed by atoms with E-state index in [1.54, 1.807) is 6.07 Å². The smallest absolute Gasteiger partial charge is 0.123 e. The molecule has 0 aromatic heterocycles. The standard InChI is InChI=1S/C30H35NO2S/c32-25-13-16-29-27(21-25)30(28(22-33-29)23-9-3-1-4-10-23)24-11-14-26(15-12-24)34-20-8-7-19-31-17-5-2-6-18-31/h1,3-4,9-16,21,28,30,32H,2,5-8,17-20,22H2/t28-,30?/m1/s1. The number of nitrogens with zero attached hydrogens (tertiary/aromatic N) is 1. The van der Waals surface area contributed by atoms with Crippen LogP contribution in [0.3, 0.4) is 0 Å². The topological polar surface area (TPSA) is 32.7 Å². The Hall–Kier alpha value is -2.43. The molecule has 1 saturated heterocycles. The van der Waals surface area contributed by atoms with Crippen LogP contribution in [-0.4, -0.2) is 42.0 Å². The molecule has 2 atom stereocenters. The number of fused-ring (bicyclic) bond motifs is 1. The van der Waals surface area contributed by atoms with Crippen LogP contribution in [-0.2, 0) is 0 Å². The van der Waals surface area contributed by atoms with Gasteiger partial charge in [0.05, 0.1) is 6.61 Å². The van der Waals surface area contributed by atoms with Gasteiger partial charge in [-0.2, -0.15) is 0 Å². The van der Waals surface area contributed by atoms with Gasteiger partial charge in [-0.1, -0.05) is 48.9 Å². The highest BCUT2D eigenvalue weighted by Gasteiger charge is 2.33. The molecule has 0 amide bonds. The number of unbranched alkanes of at least 4 members (excludes halogenated alkanes) is 1. The molecule has 2 aliphatic heterocycles. The highest BCUT2D eigenvalue weighted by molar-refractivity contribution is 7.99. The Bertz CT molecular complexity index is 1050. The van der Waals surface area contributed by atoms with Crippen LogP contribution < -0.4 is 4.74 Å². The summed E-state index contributed by atoms with van der Waals surface area (Å²) in [4.78, 5) is 3.97. The van der Waals surface area contributed by atoms with Crippen LogP contribution >= 0.6 is 11.8 Å². The Morgan fingerprint density at radius 1 is 0.853 bits per heavy atom. The molecule has 34 heavy (non-hydrogen) atoms. The van der Waals surface area contributed by atoms with Gasteiger partial charge < -0.3 is 14.7 Å². The molecule has 2 heterocycles. The predicted molar refractivity (Wildman–Crippen MR) is 141 cm³/mol. The fourth-order valence-corrected chi connectivity index (χ4v) is 6.30. The van der Waals surface area contributed by atoms with Gasteiger partial charge in [-0.3, -0.25) is 0 Å². The van der Waals surface area contributed by atoms with Crippen LogP contribution in [0, 0.1) is 0 Å². The maximum Gasteiger partial charge on any atom is 0.123 e. The highest BCUT2D eigenvalue weighted by atomic mass is 32.2. The Morgan fingerprint density at radius 3 is 2.44 bits per heavy atom. The molecular formula is C30H35NO2S. The Labute approximate surface area is 208 Å². The van der Waals surface area contributed by atoms with Crippen molar-refractivity contribution in [2.75, 3.05) is 32.0 Å². The van der Waals surface area contributed by atoms with E-state index in [1.807, 2.05) is 23.9 Å². The van der Waals surface area contributed by atoms with Crippen LogP contribution in [0.2, 0.25) is 0 Å². The highest BCUT2D eigenvalue weighted by Crippen LogP contribution is 2.47. The summed E-state index contributed by atoms with van der Waals surface area (Å²) < 4.78 is 6.12. The molecule has 1 fully saturated rings. The van der Waals surface area contributed by atoms with Crippen molar-refractivity contribution in [1.82, 2.24) is 4.90 Å². The number of ether oxygens (including phenoxy) is 1. The monoisotopic (exact) mass is 473 g/mol. The molecular weight excluding hydrogens is 438 g/mol. The Morgan fingerprint density at radius 2 is 1.65 bits per heavy atom. The van der Waals surface area contributed by atoms with E-state index in [4.69, 9.17) is 4.74 Å². The molecule has 5 rings (SSSR count). The molecule has 3 nitrogen and oxygen atoms in total. The zero-order valence-corrected chi connectivity index (χ0v) is 20.7. The lowest BCUT2D eigenvalue weighted by Crippen LogP contribution is -2.30. The molecule has 4 heteroatoms. The first kappa shape index (κ1) is 23.3. The van der Waals surface area contributed by atoms with Gasteiger partial charge in [0.2, 0.25) is 0 Å². The SMILES string of the molecule is Oc1ccc2c(c1)C(c1ccc(SCCCCN3CCCCC3)cc1)[C@@H](c1ccccc1)CO2. The van der Waals surface area contributed by atoms with E-state index in [1.165, 1.54) is 73.5 Å². The van der Waals surface area contributed by atoms with Gasteiger partial charge in [0.1, 0.15) is 11.5 Å². The molecule has 178 valence electrons. The Kier molecular flexibility index (Phi) is 7.77. The average molecular weight is 474 g/mol. The number of phenolic OH excluding ortho intramolecular Hbond substituents is 1. The molecule has 0 spiro atoms. The van der Waals surface area contributed by atoms with Crippen molar-refractivity contribution in [3.05, 3.63) is 89.5 Å². The first-order chi connectivity index (χ1) is 16.8. The molecule has 0 aliphatic carbocycles. The lowest BCUT2D eigenvalue weighted by molar-refractivity contribution is 0.226. The van der Waals surface area contributed by atoms with E-state index in [2.05, 4.69) is 59.5 Å². The van der Waals surface area contributed by atoms with Crippen LogP contribution in [0.15, 0.2) is 77.7 Å². The molecule has 3 aromatic carbocycles. The van der Waals surface area contributed by atoms with Crippen LogP contribution in [0.1, 0.15) is 60.6 Å². The van der Waals surface area contributed by atoms with E-state index in [0.29, 0.717) is 6.61 Å². The number of aromatic hydroxyl groups is 1. The molecule has 2 aliphatic rings. The van der Waals surface area contributed by atoms with Gasteiger partial charge in [0, 0.05) is 22.3 Å². The summed E-state index contributed by atoms with van der Waals surface area (Å²) in [5.74, 6) is 2.71. The Balaban J connectivity index is 1.26. The van der Waals surface area contributed by atoms with E-state index in [0.717, 1.165) is 11.3 Å². The average Bonchev–Trinajstić information content (AvgIpc) is 2.89. The normalized spacial score (nSPS) is 20.5. The number of thioether (sulfide) groups is 1. The maximum atomic E-state index is 10.2. The van der Waals surface area contributed by atoms with Crippen molar-refractivity contribution in [3.8, 4) is 11.5 Å². The van der Waals surface area contributed by atoms with Gasteiger partial charge in [-0.25, -0.2) is 0 Å². The molecule has 0 saturated carbocycles. The number of hydrogen-bond acceptors (Lipinski definition) is 4. The minimum Gasteiger partial charge on any atom is -0.508 e. The number of hydrogen-bond donors (Lipinski definition) is 1. The quantitative estimate of drug-likeness (QED) is 0.280. The minimum atomic E-state index is 0.154. The lowest BCUT2D eigenvalue weighted by Gasteiger charge is -2.34. The molecule has 0 bridgehead atoms. The maximum absolute atomic E-state index is 10.2. The van der Waals surface area contributed by atoms with Gasteiger partial charge in [-0.05, 0) is 92.5 Å². The van der Waals surface area contributed by atoms with Crippen LogP contribution in [0.25, 0.3) is 0 Å². The summed E-state index contributed by atoms with van der Waals surface area (Å²) in [7, 11) is 0. The number of phenols is 1. The van der Waals surface area contributed by atoms with Crippen molar-refractivity contribution < 1.29 is 9.84 Å². The second kappa shape index (κ2) is 11.3. The van der Waals surface area contributed by atoms with Crippen molar-refractivity contribution >= 4 is 11.8 Å². The largest absolute Gasteiger partial charge is 0.508 e. The summed E-state index contributed by atoms with van der Waals surface area (Å²) in [6.45, 7) is 4.49. The number of rotatable bonds is 8. The number of likely N-dealkylation sites (tertiary alicyclic amines) is 1. The molecule has 1 unspecified atom stereocenters. The number of piperidine rings is 1. The fraction of sp³-hybridized carbons (Fsp3) is 0.400. The molecule has 1 N–H and O–H groups in total. The number of benzene rings is 3. The third-order valence-electron chi connectivity index (χ3n) is 7.20. The third kappa shape index (κ3) is 5.61. The summed E-state index contributed by atoms with van der Waals surface area (Å²) in [5.41, 5.74) is 3.62. The summed E-state index contributed by atoms with van der Waals surface area (Å²) in [5, 5.41) is 10.2. The zero-order valence-electron chi connectivity index (χ0n) is 19.9. The molecule has 0 radical (unpaired) electrons. The lowest BCUT2D eigenvalue weighted by atomic mass is 9.76. The first-order valence-corrected chi connectivity index (χ1v) is 13.7. The van der Waals surface area contributed by atoms with Gasteiger partial charge in [-0.15, -0.1) is 11.8 Å². The summed E-state index contributed by atoms with van der Waals surface area (Å²) in [6.07, 6.45) is 6.74. The minimum absolute atomic E-state index is 0.154. The molecule has 3 aromatic rings. The van der Waals surface area contributed by atoms with Crippen molar-refractivity contribution in [1.29, 1.82) is 0 Å². The fourth-order valence-electron chi connectivity index (χ4n) is 5.39. The second-order valence-electron chi connectivity index (χ2n) is 9.55. The summed E-state index contributed by atoms with van der Waals surface area (Å²) >= 11 is 1.96. The van der Waals surface area contributed by atoms with Crippen LogP contribution in [0.4, 0.5) is 0 Å². The zero-order chi connectivity index (χ0) is 23.2. The predicted octanol–water partition coefficient (Wildman–Crippen LogP) is 7.06. The van der Waals surface area contributed by atoms with E-state index in [9.17, 15) is 5.11 Å². The van der Waals surface area contributed by atoms with E-state index < -0.39 is 0 Å². The second-order valence-corrected chi connectivity index (χ2v) is 10.7. The van der Waals surface area contributed by atoms with Gasteiger partial charge >= 0.3 is 0 Å². The van der Waals surface area contributed by atoms with E-state index >= 15 is 0 Å². The van der Waals surface area contributed by atoms with Crippen molar-refractivity contribution in [2.24, 2.45) is 0 Å².